The number of aromatic nitrogens is 4. The van der Waals surface area contributed by atoms with Gasteiger partial charge in [-0.1, -0.05) is 29.3 Å². The minimum Gasteiger partial charge on any atom is -0.376 e. The Morgan fingerprint density at radius 3 is 2.69 bits per heavy atom. The fourth-order valence-electron chi connectivity index (χ4n) is 3.57. The van der Waals surface area contributed by atoms with Crippen molar-refractivity contribution in [2.45, 2.75) is 25.5 Å². The van der Waals surface area contributed by atoms with Crippen LogP contribution < -0.4 is 16.6 Å². The van der Waals surface area contributed by atoms with E-state index in [1.54, 1.807) is 36.9 Å². The number of fused-ring (bicyclic) bond motifs is 1. The second-order valence-electron chi connectivity index (χ2n) is 7.16. The van der Waals surface area contributed by atoms with Crippen LogP contribution in [0.3, 0.4) is 0 Å². The van der Waals surface area contributed by atoms with Crippen LogP contribution in [0.25, 0.3) is 11.2 Å². The van der Waals surface area contributed by atoms with Crippen molar-refractivity contribution in [1.29, 1.82) is 0 Å². The van der Waals surface area contributed by atoms with Gasteiger partial charge in [-0.2, -0.15) is 4.98 Å². The van der Waals surface area contributed by atoms with E-state index in [-0.39, 0.29) is 12.6 Å². The molecule has 0 bridgehead atoms. The minimum atomic E-state index is -0.447. The van der Waals surface area contributed by atoms with Gasteiger partial charge in [0.2, 0.25) is 5.95 Å². The fraction of sp³-hybridized carbons (Fsp3) is 0.421. The molecule has 1 atom stereocenters. The van der Waals surface area contributed by atoms with Crippen molar-refractivity contribution >= 4 is 40.3 Å². The zero-order chi connectivity index (χ0) is 20.7. The molecule has 3 aromatic rings. The zero-order valence-corrected chi connectivity index (χ0v) is 17.6. The molecule has 1 aromatic carbocycles. The highest BCUT2D eigenvalue weighted by Gasteiger charge is 2.20. The smallest absolute Gasteiger partial charge is 0.332 e. The van der Waals surface area contributed by atoms with E-state index in [0.717, 1.165) is 19.4 Å². The molecule has 1 aliphatic rings. The first-order valence-electron chi connectivity index (χ1n) is 9.32. The molecular weight excluding hydrogens is 417 g/mol. The Morgan fingerprint density at radius 1 is 1.21 bits per heavy atom. The quantitative estimate of drug-likeness (QED) is 0.662. The first-order valence-corrected chi connectivity index (χ1v) is 10.1. The molecule has 0 amide bonds. The van der Waals surface area contributed by atoms with Crippen molar-refractivity contribution in [3.8, 4) is 0 Å². The van der Waals surface area contributed by atoms with Crippen LogP contribution in [0.5, 0.6) is 0 Å². The van der Waals surface area contributed by atoms with Gasteiger partial charge in [-0.15, -0.1) is 0 Å². The van der Waals surface area contributed by atoms with E-state index in [1.165, 1.54) is 9.13 Å². The lowest BCUT2D eigenvalue weighted by molar-refractivity contribution is 0.120. The summed E-state index contributed by atoms with van der Waals surface area (Å²) in [7, 11) is 3.36. The summed E-state index contributed by atoms with van der Waals surface area (Å²) < 4.78 is 9.85. The molecule has 0 aliphatic carbocycles. The van der Waals surface area contributed by atoms with Crippen molar-refractivity contribution in [2.24, 2.45) is 14.1 Å². The molecule has 2 aromatic heterocycles. The molecule has 1 N–H and O–H groups in total. The van der Waals surface area contributed by atoms with Crippen molar-refractivity contribution in [3.63, 3.8) is 0 Å². The number of nitrogens with one attached hydrogen (secondary N) is 1. The van der Waals surface area contributed by atoms with E-state index in [4.69, 9.17) is 27.9 Å². The third kappa shape index (κ3) is 3.68. The monoisotopic (exact) mass is 437 g/mol. The van der Waals surface area contributed by atoms with Gasteiger partial charge in [-0.3, -0.25) is 13.9 Å². The largest absolute Gasteiger partial charge is 0.376 e. The third-order valence-corrected chi connectivity index (χ3v) is 5.94. The number of halogens is 2. The molecule has 0 spiro atoms. The van der Waals surface area contributed by atoms with Crippen LogP contribution in [-0.4, -0.2) is 37.9 Å². The van der Waals surface area contributed by atoms with Crippen LogP contribution in [0.15, 0.2) is 27.8 Å². The Bertz CT molecular complexity index is 1190. The first kappa shape index (κ1) is 20.0. The van der Waals surface area contributed by atoms with Gasteiger partial charge < -0.3 is 14.6 Å². The van der Waals surface area contributed by atoms with E-state index >= 15 is 0 Å². The van der Waals surface area contributed by atoms with Gasteiger partial charge >= 0.3 is 5.69 Å². The summed E-state index contributed by atoms with van der Waals surface area (Å²) in [4.78, 5) is 30.4. The lowest BCUT2D eigenvalue weighted by atomic mass is 10.2. The molecule has 1 unspecified atom stereocenters. The van der Waals surface area contributed by atoms with Gasteiger partial charge in [-0.05, 0) is 30.5 Å². The molecule has 1 saturated heterocycles. The lowest BCUT2D eigenvalue weighted by Crippen LogP contribution is -2.39. The topological polar surface area (TPSA) is 83.1 Å². The average Bonchev–Trinajstić information content (AvgIpc) is 3.32. The molecule has 4 rings (SSSR count). The van der Waals surface area contributed by atoms with E-state index in [0.29, 0.717) is 39.3 Å². The molecular formula is C19H21Cl2N5O3. The molecule has 3 heterocycles. The highest BCUT2D eigenvalue weighted by atomic mass is 35.5. The summed E-state index contributed by atoms with van der Waals surface area (Å²) in [5.74, 6) is 0.523. The number of rotatable bonds is 5. The van der Waals surface area contributed by atoms with Gasteiger partial charge in [0, 0.05) is 27.2 Å². The van der Waals surface area contributed by atoms with E-state index < -0.39 is 11.2 Å². The number of aryl methyl sites for hydroxylation is 2. The Kier molecular flexibility index (Phi) is 5.42. The summed E-state index contributed by atoms with van der Waals surface area (Å²) in [5.41, 5.74) is 0.535. The second-order valence-corrected chi connectivity index (χ2v) is 7.98. The molecule has 1 fully saturated rings. The van der Waals surface area contributed by atoms with E-state index in [2.05, 4.69) is 10.3 Å². The number of imidazole rings is 1. The Hall–Kier alpha value is -2.29. The molecule has 0 radical (unpaired) electrons. The number of hydrogen-bond donors (Lipinski definition) is 1. The fourth-order valence-corrected chi connectivity index (χ4v) is 3.89. The van der Waals surface area contributed by atoms with Crippen molar-refractivity contribution in [2.75, 3.05) is 18.5 Å². The molecule has 29 heavy (non-hydrogen) atoms. The van der Waals surface area contributed by atoms with Gasteiger partial charge in [0.05, 0.1) is 22.7 Å². The van der Waals surface area contributed by atoms with E-state index in [1.807, 2.05) is 0 Å². The van der Waals surface area contributed by atoms with Crippen molar-refractivity contribution in [3.05, 3.63) is 54.6 Å². The molecule has 10 heteroatoms. The van der Waals surface area contributed by atoms with Crippen molar-refractivity contribution in [1.82, 2.24) is 18.7 Å². The maximum absolute atomic E-state index is 13.1. The van der Waals surface area contributed by atoms with Gasteiger partial charge in [0.25, 0.3) is 5.56 Å². The van der Waals surface area contributed by atoms with Gasteiger partial charge in [-0.25, -0.2) is 4.79 Å². The summed E-state index contributed by atoms with van der Waals surface area (Å²) in [6.45, 7) is 1.45. The number of ether oxygens (including phenoxy) is 1. The maximum atomic E-state index is 13.1. The highest BCUT2D eigenvalue weighted by molar-refractivity contribution is 6.42. The lowest BCUT2D eigenvalue weighted by Gasteiger charge is -2.11. The highest BCUT2D eigenvalue weighted by Crippen LogP contribution is 2.23. The van der Waals surface area contributed by atoms with E-state index in [9.17, 15) is 9.59 Å². The first-order chi connectivity index (χ1) is 13.9. The molecule has 154 valence electrons. The van der Waals surface area contributed by atoms with Crippen LogP contribution >= 0.6 is 23.2 Å². The number of anilines is 1. The normalized spacial score (nSPS) is 16.6. The molecule has 8 nitrogen and oxygen atoms in total. The zero-order valence-electron chi connectivity index (χ0n) is 16.1. The Balaban J connectivity index is 1.74. The number of hydrogen-bond acceptors (Lipinski definition) is 5. The minimum absolute atomic E-state index is 0.0855. The Morgan fingerprint density at radius 2 is 2.00 bits per heavy atom. The third-order valence-electron chi connectivity index (χ3n) is 5.20. The number of nitrogens with zero attached hydrogens (tertiary/aromatic N) is 4. The van der Waals surface area contributed by atoms with Crippen LogP contribution in [0.4, 0.5) is 5.95 Å². The van der Waals surface area contributed by atoms with Crippen molar-refractivity contribution < 1.29 is 4.74 Å². The van der Waals surface area contributed by atoms with Crippen LogP contribution in [0.2, 0.25) is 10.0 Å². The number of benzene rings is 1. The van der Waals surface area contributed by atoms with Gasteiger partial charge in [0.1, 0.15) is 0 Å². The van der Waals surface area contributed by atoms with Crippen LogP contribution in [-0.2, 0) is 25.4 Å². The SMILES string of the molecule is Cn1c(NCC2CCCO2)nc2c1c(=O)n(Cc1ccc(Cl)c(Cl)c1)c(=O)n2C. The maximum Gasteiger partial charge on any atom is 0.332 e. The van der Waals surface area contributed by atoms with Crippen LogP contribution in [0, 0.1) is 0 Å². The van der Waals surface area contributed by atoms with Gasteiger partial charge in [0.15, 0.2) is 11.2 Å². The summed E-state index contributed by atoms with van der Waals surface area (Å²) in [6, 6.07) is 5.03. The van der Waals surface area contributed by atoms with Crippen LogP contribution in [0.1, 0.15) is 18.4 Å². The average molecular weight is 438 g/mol. The Labute approximate surface area is 176 Å². The molecule has 1 aliphatic heterocycles. The standard InChI is InChI=1S/C19H21Cl2N5O3/c1-24-15-16(23-18(24)22-9-12-4-3-7-29-12)25(2)19(28)26(17(15)27)10-11-5-6-13(20)14(21)8-11/h5-6,8,12H,3-4,7,9-10H2,1-2H3,(H,22,23). The summed E-state index contributed by atoms with van der Waals surface area (Å²) >= 11 is 12.0. The summed E-state index contributed by atoms with van der Waals surface area (Å²) in [6.07, 6.45) is 2.17. The second kappa shape index (κ2) is 7.85. The summed E-state index contributed by atoms with van der Waals surface area (Å²) in [5, 5.41) is 4.02. The predicted octanol–water partition coefficient (Wildman–Crippen LogP) is 2.38. The predicted molar refractivity (Wildman–Crippen MR) is 113 cm³/mol. The molecule has 0 saturated carbocycles.